The summed E-state index contributed by atoms with van der Waals surface area (Å²) in [5.41, 5.74) is 1.36. The summed E-state index contributed by atoms with van der Waals surface area (Å²) in [5, 5.41) is 4.54. The first-order valence-electron chi connectivity index (χ1n) is 8.30. The van der Waals surface area contributed by atoms with Crippen molar-refractivity contribution >= 4 is 39.1 Å². The van der Waals surface area contributed by atoms with Gasteiger partial charge in [0.25, 0.3) is 5.56 Å². The highest BCUT2D eigenvalue weighted by Gasteiger charge is 2.20. The van der Waals surface area contributed by atoms with Crippen molar-refractivity contribution in [2.45, 2.75) is 13.0 Å². The van der Waals surface area contributed by atoms with E-state index in [-0.39, 0.29) is 23.9 Å². The Bertz CT molecular complexity index is 1100. The molecule has 0 saturated heterocycles. The molecule has 0 unspecified atom stereocenters. The van der Waals surface area contributed by atoms with Gasteiger partial charge in [-0.1, -0.05) is 0 Å². The average Bonchev–Trinajstić information content (AvgIpc) is 3.11. The smallest absolute Gasteiger partial charge is 0.321 e. The summed E-state index contributed by atoms with van der Waals surface area (Å²) in [6, 6.07) is 6.35. The molecule has 27 heavy (non-hydrogen) atoms. The summed E-state index contributed by atoms with van der Waals surface area (Å²) in [6.07, 6.45) is 0.328. The lowest BCUT2D eigenvalue weighted by atomic mass is 10.0. The SMILES string of the molecule is CN(Cc1nc2ccsc2c(=O)[nH]1)C(=O)Nc1ccc2c(c1)C(=O)CCO2. The zero-order chi connectivity index (χ0) is 19.0. The first-order chi connectivity index (χ1) is 13.0. The lowest BCUT2D eigenvalue weighted by molar-refractivity contribution is 0.0933. The summed E-state index contributed by atoms with van der Waals surface area (Å²) in [6.45, 7) is 0.514. The zero-order valence-electron chi connectivity index (χ0n) is 14.4. The zero-order valence-corrected chi connectivity index (χ0v) is 15.3. The molecule has 0 fully saturated rings. The largest absolute Gasteiger partial charge is 0.492 e. The minimum Gasteiger partial charge on any atom is -0.492 e. The average molecular weight is 384 g/mol. The Hall–Kier alpha value is -3.20. The highest BCUT2D eigenvalue weighted by atomic mass is 32.1. The fraction of sp³-hybridized carbons (Fsp3) is 0.222. The van der Waals surface area contributed by atoms with Crippen LogP contribution in [0.1, 0.15) is 22.6 Å². The number of nitrogens with zero attached hydrogens (tertiary/aromatic N) is 2. The van der Waals surface area contributed by atoms with Crippen LogP contribution in [0.2, 0.25) is 0 Å². The molecule has 9 heteroatoms. The van der Waals surface area contributed by atoms with E-state index in [1.54, 1.807) is 36.7 Å². The van der Waals surface area contributed by atoms with Gasteiger partial charge in [-0.15, -0.1) is 11.3 Å². The molecule has 8 nitrogen and oxygen atoms in total. The van der Waals surface area contributed by atoms with Crippen molar-refractivity contribution in [3.8, 4) is 5.75 Å². The Morgan fingerprint density at radius 1 is 1.37 bits per heavy atom. The third kappa shape index (κ3) is 3.41. The summed E-state index contributed by atoms with van der Waals surface area (Å²) in [7, 11) is 1.60. The molecular formula is C18H16N4O4S. The fourth-order valence-corrected chi connectivity index (χ4v) is 3.58. The second-order valence-electron chi connectivity index (χ2n) is 6.17. The van der Waals surface area contributed by atoms with Gasteiger partial charge in [0.15, 0.2) is 5.78 Å². The minimum absolute atomic E-state index is 0.00783. The van der Waals surface area contributed by atoms with E-state index in [0.29, 0.717) is 46.1 Å². The van der Waals surface area contributed by atoms with Crippen molar-refractivity contribution < 1.29 is 14.3 Å². The van der Waals surface area contributed by atoms with Gasteiger partial charge in [-0.3, -0.25) is 9.59 Å². The number of nitrogens with one attached hydrogen (secondary N) is 2. The monoisotopic (exact) mass is 384 g/mol. The van der Waals surface area contributed by atoms with E-state index in [2.05, 4.69) is 15.3 Å². The van der Waals surface area contributed by atoms with Crippen molar-refractivity contribution in [2.75, 3.05) is 19.0 Å². The molecule has 1 aliphatic heterocycles. The number of aromatic amines is 1. The number of carbonyl (C=O) groups is 2. The molecule has 2 amide bonds. The predicted octanol–water partition coefficient (Wildman–Crippen LogP) is 2.61. The minimum atomic E-state index is -0.382. The van der Waals surface area contributed by atoms with Crippen LogP contribution in [0.25, 0.3) is 10.2 Å². The Morgan fingerprint density at radius 3 is 3.07 bits per heavy atom. The van der Waals surface area contributed by atoms with Gasteiger partial charge in [0.2, 0.25) is 0 Å². The van der Waals surface area contributed by atoms with Gasteiger partial charge in [-0.05, 0) is 29.6 Å². The van der Waals surface area contributed by atoms with Crippen molar-refractivity contribution in [2.24, 2.45) is 0 Å². The van der Waals surface area contributed by atoms with Gasteiger partial charge in [-0.25, -0.2) is 9.78 Å². The summed E-state index contributed by atoms with van der Waals surface area (Å²) >= 11 is 1.32. The number of ketones is 1. The van der Waals surface area contributed by atoms with Crippen molar-refractivity contribution in [3.63, 3.8) is 0 Å². The molecule has 138 valence electrons. The number of aromatic nitrogens is 2. The topological polar surface area (TPSA) is 104 Å². The number of carbonyl (C=O) groups excluding carboxylic acids is 2. The number of thiophene rings is 1. The molecule has 0 spiro atoms. The van der Waals surface area contributed by atoms with Crippen LogP contribution < -0.4 is 15.6 Å². The second kappa shape index (κ2) is 6.84. The Kier molecular flexibility index (Phi) is 4.36. The summed E-state index contributed by atoms with van der Waals surface area (Å²) < 4.78 is 6.00. The lowest BCUT2D eigenvalue weighted by Crippen LogP contribution is -2.32. The van der Waals surface area contributed by atoms with Crippen LogP contribution in [0, 0.1) is 0 Å². The Balaban J connectivity index is 1.48. The molecule has 0 aliphatic carbocycles. The van der Waals surface area contributed by atoms with Gasteiger partial charge >= 0.3 is 6.03 Å². The van der Waals surface area contributed by atoms with E-state index in [1.165, 1.54) is 16.2 Å². The molecule has 0 atom stereocenters. The Labute approximate surface area is 157 Å². The van der Waals surface area contributed by atoms with Crippen LogP contribution in [0.4, 0.5) is 10.5 Å². The summed E-state index contributed by atoms with van der Waals surface area (Å²) in [4.78, 5) is 44.9. The van der Waals surface area contributed by atoms with Crippen LogP contribution in [0.5, 0.6) is 5.75 Å². The van der Waals surface area contributed by atoms with Crippen molar-refractivity contribution in [1.29, 1.82) is 0 Å². The highest BCUT2D eigenvalue weighted by Crippen LogP contribution is 2.27. The van der Waals surface area contributed by atoms with E-state index in [9.17, 15) is 14.4 Å². The number of anilines is 1. The van der Waals surface area contributed by atoms with Crippen LogP contribution in [-0.2, 0) is 6.54 Å². The molecule has 0 radical (unpaired) electrons. The van der Waals surface area contributed by atoms with E-state index >= 15 is 0 Å². The fourth-order valence-electron chi connectivity index (χ4n) is 2.85. The predicted molar refractivity (Wildman–Crippen MR) is 102 cm³/mol. The molecule has 0 saturated carbocycles. The number of H-pyrrole nitrogens is 1. The maximum Gasteiger partial charge on any atom is 0.321 e. The first-order valence-corrected chi connectivity index (χ1v) is 9.18. The molecule has 2 aromatic heterocycles. The lowest BCUT2D eigenvalue weighted by Gasteiger charge is -2.19. The normalized spacial score (nSPS) is 13.1. The number of hydrogen-bond donors (Lipinski definition) is 2. The molecule has 0 bridgehead atoms. The number of hydrogen-bond acceptors (Lipinski definition) is 6. The number of amides is 2. The van der Waals surface area contributed by atoms with Gasteiger partial charge in [0.05, 0.1) is 24.2 Å². The number of fused-ring (bicyclic) bond motifs is 2. The molecule has 3 aromatic rings. The highest BCUT2D eigenvalue weighted by molar-refractivity contribution is 7.17. The van der Waals surface area contributed by atoms with E-state index in [4.69, 9.17) is 4.74 Å². The van der Waals surface area contributed by atoms with Gasteiger partial charge in [0.1, 0.15) is 16.3 Å². The molecule has 1 aromatic carbocycles. The molecule has 3 heterocycles. The molecule has 1 aliphatic rings. The maximum absolute atomic E-state index is 12.4. The number of ether oxygens (including phenoxy) is 1. The molecule has 4 rings (SSSR count). The number of benzene rings is 1. The third-order valence-electron chi connectivity index (χ3n) is 4.22. The van der Waals surface area contributed by atoms with E-state index in [0.717, 1.165) is 0 Å². The van der Waals surface area contributed by atoms with Crippen molar-refractivity contribution in [3.05, 3.63) is 51.4 Å². The number of urea groups is 1. The van der Waals surface area contributed by atoms with Crippen LogP contribution >= 0.6 is 11.3 Å². The van der Waals surface area contributed by atoms with Crippen molar-refractivity contribution in [1.82, 2.24) is 14.9 Å². The Morgan fingerprint density at radius 2 is 2.22 bits per heavy atom. The van der Waals surface area contributed by atoms with Gasteiger partial charge in [0, 0.05) is 19.2 Å². The quantitative estimate of drug-likeness (QED) is 0.722. The molecular weight excluding hydrogens is 368 g/mol. The van der Waals surface area contributed by atoms with Crippen LogP contribution in [0.15, 0.2) is 34.4 Å². The van der Waals surface area contributed by atoms with Gasteiger partial charge in [-0.2, -0.15) is 0 Å². The second-order valence-corrected chi connectivity index (χ2v) is 7.08. The van der Waals surface area contributed by atoms with Crippen LogP contribution in [-0.4, -0.2) is 40.3 Å². The van der Waals surface area contributed by atoms with E-state index in [1.807, 2.05) is 0 Å². The van der Waals surface area contributed by atoms with E-state index < -0.39 is 0 Å². The maximum atomic E-state index is 12.4. The summed E-state index contributed by atoms with van der Waals surface area (Å²) in [5.74, 6) is 0.924. The third-order valence-corrected chi connectivity index (χ3v) is 5.12. The number of Topliss-reactive ketones (excluding diaryl/α,β-unsaturated/α-hetero) is 1. The molecule has 2 N–H and O–H groups in total. The number of rotatable bonds is 3. The standard InChI is InChI=1S/C18H16N4O4S/c1-22(9-15-20-12-5-7-27-16(12)17(24)21-15)18(25)19-10-2-3-14-11(8-10)13(23)4-6-26-14/h2-3,5,7-8H,4,6,9H2,1H3,(H,19,25)(H,20,21,24). The van der Waals surface area contributed by atoms with Gasteiger partial charge < -0.3 is 19.9 Å². The first kappa shape index (κ1) is 17.2. The van der Waals surface area contributed by atoms with Crippen LogP contribution in [0.3, 0.4) is 0 Å².